The van der Waals surface area contributed by atoms with Crippen LogP contribution in [0.3, 0.4) is 0 Å². The lowest BCUT2D eigenvalue weighted by Crippen LogP contribution is -2.38. The average Bonchev–Trinajstić information content (AvgIpc) is 2.30. The summed E-state index contributed by atoms with van der Waals surface area (Å²) in [6.07, 6.45) is 0.571. The van der Waals surface area contributed by atoms with Gasteiger partial charge in [0.05, 0.1) is 11.5 Å². The minimum Gasteiger partial charge on any atom is -0.398 e. The summed E-state index contributed by atoms with van der Waals surface area (Å²) in [5, 5.41) is 9.22. The molecule has 0 spiro atoms. The van der Waals surface area contributed by atoms with Crippen LogP contribution in [-0.4, -0.2) is 26.2 Å². The number of nitrogen functional groups attached to an aromatic ring is 1. The Morgan fingerprint density at radius 3 is 2.53 bits per heavy atom. The minimum absolute atomic E-state index is 0.0930. The van der Waals surface area contributed by atoms with Gasteiger partial charge < -0.3 is 10.8 Å². The van der Waals surface area contributed by atoms with E-state index in [-0.39, 0.29) is 17.4 Å². The minimum atomic E-state index is -3.67. The fraction of sp³-hybridized carbons (Fsp3) is 0.500. The van der Waals surface area contributed by atoms with E-state index in [1.165, 1.54) is 12.1 Å². The molecule has 1 rings (SSSR count). The van der Waals surface area contributed by atoms with Gasteiger partial charge in [-0.15, -0.1) is 0 Å². The zero-order valence-electron chi connectivity index (χ0n) is 10.9. The lowest BCUT2D eigenvalue weighted by Gasteiger charge is -2.18. The molecule has 0 saturated carbocycles. The highest BCUT2D eigenvalue weighted by Gasteiger charge is 2.20. The topological polar surface area (TPSA) is 92.4 Å². The van der Waals surface area contributed by atoms with Crippen LogP contribution in [0, 0.1) is 5.92 Å². The second-order valence-corrected chi connectivity index (χ2v) is 7.38. The van der Waals surface area contributed by atoms with Crippen LogP contribution in [0.4, 0.5) is 5.69 Å². The number of nitrogens with one attached hydrogen (secondary N) is 1. The largest absolute Gasteiger partial charge is 0.398 e. The molecule has 0 aliphatic carbocycles. The molecule has 1 aromatic carbocycles. The Hall–Kier alpha value is -0.630. The Bertz CT molecular complexity index is 532. The summed E-state index contributed by atoms with van der Waals surface area (Å²) < 4.78 is 27.4. The van der Waals surface area contributed by atoms with E-state index in [9.17, 15) is 13.5 Å². The van der Waals surface area contributed by atoms with E-state index < -0.39 is 16.1 Å². The maximum atomic E-state index is 12.2. The molecule has 0 bridgehead atoms. The van der Waals surface area contributed by atoms with Crippen LogP contribution in [0.15, 0.2) is 27.6 Å². The van der Waals surface area contributed by atoms with E-state index >= 15 is 0 Å². The number of aliphatic hydroxyl groups excluding tert-OH is 1. The number of rotatable bonds is 6. The van der Waals surface area contributed by atoms with E-state index in [0.717, 1.165) is 0 Å². The van der Waals surface area contributed by atoms with Crippen molar-refractivity contribution in [1.29, 1.82) is 0 Å². The van der Waals surface area contributed by atoms with Crippen LogP contribution in [0.2, 0.25) is 0 Å². The van der Waals surface area contributed by atoms with Crippen molar-refractivity contribution in [1.82, 2.24) is 4.72 Å². The summed E-state index contributed by atoms with van der Waals surface area (Å²) in [7, 11) is -3.67. The number of benzene rings is 1. The van der Waals surface area contributed by atoms with E-state index in [4.69, 9.17) is 5.73 Å². The summed E-state index contributed by atoms with van der Waals surface area (Å²) in [4.78, 5) is 0.0930. The van der Waals surface area contributed by atoms with Gasteiger partial charge in [-0.05, 0) is 46.5 Å². The first-order chi connectivity index (χ1) is 8.76. The molecule has 0 radical (unpaired) electrons. The van der Waals surface area contributed by atoms with Crippen LogP contribution in [-0.2, 0) is 10.0 Å². The monoisotopic (exact) mass is 350 g/mol. The normalized spacial score (nSPS) is 13.7. The molecule has 1 atom stereocenters. The van der Waals surface area contributed by atoms with Crippen LogP contribution in [0.25, 0.3) is 0 Å². The number of anilines is 1. The Morgan fingerprint density at radius 1 is 1.42 bits per heavy atom. The third-order valence-electron chi connectivity index (χ3n) is 2.58. The second-order valence-electron chi connectivity index (χ2n) is 4.81. The quantitative estimate of drug-likeness (QED) is 0.681. The molecular formula is C12H19BrN2O3S. The maximum absolute atomic E-state index is 12.2. The number of nitrogens with two attached hydrogens (primary N) is 1. The van der Waals surface area contributed by atoms with E-state index in [0.29, 0.717) is 16.6 Å². The molecule has 4 N–H and O–H groups in total. The first-order valence-electron chi connectivity index (χ1n) is 5.94. The molecule has 1 aromatic rings. The summed E-state index contributed by atoms with van der Waals surface area (Å²) in [6, 6.07) is 3.94. The van der Waals surface area contributed by atoms with Gasteiger partial charge in [-0.1, -0.05) is 13.8 Å². The first-order valence-corrected chi connectivity index (χ1v) is 8.22. The zero-order chi connectivity index (χ0) is 14.6. The molecule has 0 amide bonds. The van der Waals surface area contributed by atoms with E-state index in [1.54, 1.807) is 6.07 Å². The lowest BCUT2D eigenvalue weighted by atomic mass is 10.1. The van der Waals surface area contributed by atoms with Crippen molar-refractivity contribution in [2.75, 3.05) is 12.3 Å². The number of aliphatic hydroxyl groups is 1. The van der Waals surface area contributed by atoms with Gasteiger partial charge in [0.1, 0.15) is 0 Å². The van der Waals surface area contributed by atoms with Crippen LogP contribution in [0.5, 0.6) is 0 Å². The Labute approximate surface area is 122 Å². The predicted molar refractivity (Wildman–Crippen MR) is 79.2 cm³/mol. The SMILES string of the molecule is CC(C)CC(CO)NS(=O)(=O)c1ccc(Br)c(N)c1. The molecule has 5 nitrogen and oxygen atoms in total. The second kappa shape index (κ2) is 6.69. The Morgan fingerprint density at radius 2 is 2.05 bits per heavy atom. The highest BCUT2D eigenvalue weighted by molar-refractivity contribution is 9.10. The summed E-state index contributed by atoms with van der Waals surface area (Å²) in [5.74, 6) is 0.287. The third-order valence-corrected chi connectivity index (χ3v) is 4.82. The van der Waals surface area contributed by atoms with Gasteiger partial charge in [-0.3, -0.25) is 0 Å². The van der Waals surface area contributed by atoms with Crippen molar-refractivity contribution in [2.24, 2.45) is 5.92 Å². The highest BCUT2D eigenvalue weighted by Crippen LogP contribution is 2.23. The van der Waals surface area contributed by atoms with Crippen molar-refractivity contribution < 1.29 is 13.5 Å². The smallest absolute Gasteiger partial charge is 0.240 e. The maximum Gasteiger partial charge on any atom is 0.240 e. The van der Waals surface area contributed by atoms with Gasteiger partial charge in [0.25, 0.3) is 0 Å². The van der Waals surface area contributed by atoms with Crippen molar-refractivity contribution >= 4 is 31.6 Å². The van der Waals surface area contributed by atoms with Crippen LogP contribution >= 0.6 is 15.9 Å². The summed E-state index contributed by atoms with van der Waals surface area (Å²) >= 11 is 3.21. The predicted octanol–water partition coefficient (Wildman–Crippen LogP) is 1.72. The third kappa shape index (κ3) is 4.76. The molecule has 0 heterocycles. The van der Waals surface area contributed by atoms with Crippen molar-refractivity contribution in [3.63, 3.8) is 0 Å². The average molecular weight is 351 g/mol. The molecule has 0 fully saturated rings. The summed E-state index contributed by atoms with van der Waals surface area (Å²) in [5.41, 5.74) is 6.03. The Kier molecular flexibility index (Phi) is 5.79. The molecule has 0 aliphatic rings. The fourth-order valence-corrected chi connectivity index (χ4v) is 3.23. The summed E-state index contributed by atoms with van der Waals surface area (Å²) in [6.45, 7) is 3.70. The number of hydrogen-bond donors (Lipinski definition) is 3. The highest BCUT2D eigenvalue weighted by atomic mass is 79.9. The molecule has 1 unspecified atom stereocenters. The van der Waals surface area contributed by atoms with E-state index in [1.807, 2.05) is 13.8 Å². The molecular weight excluding hydrogens is 332 g/mol. The van der Waals surface area contributed by atoms with Gasteiger partial charge in [0.2, 0.25) is 10.0 Å². The number of sulfonamides is 1. The van der Waals surface area contributed by atoms with Gasteiger partial charge in [0, 0.05) is 16.2 Å². The molecule has 0 aliphatic heterocycles. The van der Waals surface area contributed by atoms with Gasteiger partial charge >= 0.3 is 0 Å². The van der Waals surface area contributed by atoms with Crippen LogP contribution < -0.4 is 10.5 Å². The number of halogens is 1. The molecule has 0 saturated heterocycles. The van der Waals surface area contributed by atoms with Crippen LogP contribution in [0.1, 0.15) is 20.3 Å². The van der Waals surface area contributed by atoms with Crippen molar-refractivity contribution in [3.05, 3.63) is 22.7 Å². The Balaban J connectivity index is 2.93. The molecule has 19 heavy (non-hydrogen) atoms. The van der Waals surface area contributed by atoms with Crippen molar-refractivity contribution in [2.45, 2.75) is 31.2 Å². The molecule has 108 valence electrons. The lowest BCUT2D eigenvalue weighted by molar-refractivity contribution is 0.240. The zero-order valence-corrected chi connectivity index (χ0v) is 13.3. The number of hydrogen-bond acceptors (Lipinski definition) is 4. The van der Waals surface area contributed by atoms with E-state index in [2.05, 4.69) is 20.7 Å². The van der Waals surface area contributed by atoms with Gasteiger partial charge in [-0.25, -0.2) is 13.1 Å². The first kappa shape index (κ1) is 16.4. The van der Waals surface area contributed by atoms with Crippen molar-refractivity contribution in [3.8, 4) is 0 Å². The van der Waals surface area contributed by atoms with Gasteiger partial charge in [-0.2, -0.15) is 0 Å². The molecule has 0 aromatic heterocycles. The standard InChI is InChI=1S/C12H19BrN2O3S/c1-8(2)5-9(7-16)15-19(17,18)10-3-4-11(13)12(14)6-10/h3-4,6,8-9,15-16H,5,7,14H2,1-2H3. The fourth-order valence-electron chi connectivity index (χ4n) is 1.71. The molecule has 7 heteroatoms. The van der Waals surface area contributed by atoms with Gasteiger partial charge in [0.15, 0.2) is 0 Å².